The number of morpholine rings is 1. The molecule has 1 amide bonds. The molecule has 1 saturated heterocycles. The van der Waals surface area contributed by atoms with Gasteiger partial charge in [-0.3, -0.25) is 4.79 Å². The summed E-state index contributed by atoms with van der Waals surface area (Å²) in [5, 5.41) is 1.43. The molecule has 1 heterocycles. The highest BCUT2D eigenvalue weighted by molar-refractivity contribution is 9.09. The van der Waals surface area contributed by atoms with E-state index in [-0.39, 0.29) is 11.9 Å². The smallest absolute Gasteiger partial charge is 0.257 e. The van der Waals surface area contributed by atoms with Gasteiger partial charge >= 0.3 is 0 Å². The summed E-state index contributed by atoms with van der Waals surface area (Å²) < 4.78 is 5.36. The molecule has 6 heteroatoms. The minimum atomic E-state index is -0.140. The monoisotopic (exact) mass is 351 g/mol. The van der Waals surface area contributed by atoms with E-state index in [4.69, 9.17) is 27.9 Å². The average Bonchev–Trinajstić information content (AvgIpc) is 2.38. The summed E-state index contributed by atoms with van der Waals surface area (Å²) in [4.78, 5) is 14.2. The minimum Gasteiger partial charge on any atom is -0.377 e. The van der Waals surface area contributed by atoms with Crippen LogP contribution in [0.4, 0.5) is 0 Å². The summed E-state index contributed by atoms with van der Waals surface area (Å²) >= 11 is 15.5. The van der Waals surface area contributed by atoms with Gasteiger partial charge in [-0.25, -0.2) is 0 Å². The molecule has 18 heavy (non-hydrogen) atoms. The van der Waals surface area contributed by atoms with Gasteiger partial charge in [-0.05, 0) is 12.1 Å². The summed E-state index contributed by atoms with van der Waals surface area (Å²) in [6.07, 6.45) is 0. The fourth-order valence-corrected chi connectivity index (χ4v) is 2.99. The fourth-order valence-electron chi connectivity index (χ4n) is 1.90. The largest absolute Gasteiger partial charge is 0.377 e. The Hall–Kier alpha value is -0.290. The molecule has 0 aromatic heterocycles. The lowest BCUT2D eigenvalue weighted by Gasteiger charge is -2.35. The van der Waals surface area contributed by atoms with Gasteiger partial charge in [-0.1, -0.05) is 45.2 Å². The quantitative estimate of drug-likeness (QED) is 0.765. The van der Waals surface area contributed by atoms with Crippen LogP contribution in [-0.4, -0.2) is 41.9 Å². The number of alkyl halides is 1. The normalized spacial score (nSPS) is 19.9. The number of hydrogen-bond acceptors (Lipinski definition) is 2. The third kappa shape index (κ3) is 2.82. The molecular formula is C12H12BrCl2NO2. The van der Waals surface area contributed by atoms with E-state index >= 15 is 0 Å². The second-order valence-electron chi connectivity index (χ2n) is 3.98. The lowest BCUT2D eigenvalue weighted by molar-refractivity contribution is 0.00527. The third-order valence-corrected chi connectivity index (χ3v) is 4.22. The Morgan fingerprint density at radius 1 is 1.44 bits per heavy atom. The summed E-state index contributed by atoms with van der Waals surface area (Å²) in [6.45, 7) is 1.62. The Bertz CT molecular complexity index is 435. The highest BCUT2D eigenvalue weighted by Gasteiger charge is 2.29. The Morgan fingerprint density at radius 2 is 2.11 bits per heavy atom. The van der Waals surface area contributed by atoms with Crippen LogP contribution in [0.2, 0.25) is 10.0 Å². The highest BCUT2D eigenvalue weighted by Crippen LogP contribution is 2.27. The average molecular weight is 353 g/mol. The molecule has 1 aromatic carbocycles. The molecule has 0 spiro atoms. The third-order valence-electron chi connectivity index (χ3n) is 2.84. The minimum absolute atomic E-state index is 0.0126. The van der Waals surface area contributed by atoms with Gasteiger partial charge in [0.05, 0.1) is 34.9 Å². The van der Waals surface area contributed by atoms with Crippen molar-refractivity contribution in [1.82, 2.24) is 4.90 Å². The van der Waals surface area contributed by atoms with E-state index in [0.717, 1.165) is 0 Å². The molecule has 0 saturated carbocycles. The van der Waals surface area contributed by atoms with Crippen molar-refractivity contribution in [1.29, 1.82) is 0 Å². The predicted octanol–water partition coefficient (Wildman–Crippen LogP) is 3.23. The van der Waals surface area contributed by atoms with Crippen LogP contribution in [0.25, 0.3) is 0 Å². The van der Waals surface area contributed by atoms with Crippen LogP contribution in [0.5, 0.6) is 0 Å². The van der Waals surface area contributed by atoms with E-state index in [1.54, 1.807) is 23.1 Å². The van der Waals surface area contributed by atoms with Crippen LogP contribution in [-0.2, 0) is 4.74 Å². The summed E-state index contributed by atoms with van der Waals surface area (Å²) in [6, 6.07) is 5.08. The van der Waals surface area contributed by atoms with Gasteiger partial charge in [0.1, 0.15) is 0 Å². The van der Waals surface area contributed by atoms with Crippen molar-refractivity contribution in [3.8, 4) is 0 Å². The van der Waals surface area contributed by atoms with Gasteiger partial charge in [0.2, 0.25) is 0 Å². The van der Waals surface area contributed by atoms with Crippen molar-refractivity contribution in [2.45, 2.75) is 6.04 Å². The Morgan fingerprint density at radius 3 is 2.72 bits per heavy atom. The molecule has 98 valence electrons. The highest BCUT2D eigenvalue weighted by atomic mass is 79.9. The molecule has 2 rings (SSSR count). The number of carbonyl (C=O) groups is 1. The first-order chi connectivity index (χ1) is 8.65. The molecule has 1 aliphatic heterocycles. The van der Waals surface area contributed by atoms with Crippen molar-refractivity contribution in [2.75, 3.05) is 25.1 Å². The molecule has 1 aliphatic rings. The maximum absolute atomic E-state index is 12.5. The number of amides is 1. The van der Waals surface area contributed by atoms with Crippen molar-refractivity contribution >= 4 is 45.0 Å². The first kappa shape index (κ1) is 14.1. The van der Waals surface area contributed by atoms with Gasteiger partial charge in [0.15, 0.2) is 0 Å². The molecule has 1 aromatic rings. The lowest BCUT2D eigenvalue weighted by atomic mass is 10.1. The van der Waals surface area contributed by atoms with Gasteiger partial charge in [0, 0.05) is 11.9 Å². The van der Waals surface area contributed by atoms with Crippen molar-refractivity contribution in [2.24, 2.45) is 0 Å². The molecule has 1 fully saturated rings. The summed E-state index contributed by atoms with van der Waals surface area (Å²) in [5.41, 5.74) is 0.369. The molecule has 0 aliphatic carbocycles. The number of benzene rings is 1. The SMILES string of the molecule is O=C(c1c(Cl)cccc1Cl)N1CCOCC1CBr. The Balaban J connectivity index is 2.30. The van der Waals surface area contributed by atoms with Gasteiger partial charge in [-0.2, -0.15) is 0 Å². The van der Waals surface area contributed by atoms with E-state index < -0.39 is 0 Å². The van der Waals surface area contributed by atoms with Gasteiger partial charge in [-0.15, -0.1) is 0 Å². The van der Waals surface area contributed by atoms with Crippen LogP contribution in [0.15, 0.2) is 18.2 Å². The van der Waals surface area contributed by atoms with Crippen LogP contribution in [0.3, 0.4) is 0 Å². The van der Waals surface area contributed by atoms with Crippen LogP contribution in [0.1, 0.15) is 10.4 Å². The van der Waals surface area contributed by atoms with Gasteiger partial charge in [0.25, 0.3) is 5.91 Å². The summed E-state index contributed by atoms with van der Waals surface area (Å²) in [5.74, 6) is -0.140. The summed E-state index contributed by atoms with van der Waals surface area (Å²) in [7, 11) is 0. The van der Waals surface area contributed by atoms with Crippen LogP contribution >= 0.6 is 39.1 Å². The zero-order chi connectivity index (χ0) is 13.1. The first-order valence-corrected chi connectivity index (χ1v) is 7.41. The Kier molecular flexibility index (Phi) is 4.90. The van der Waals surface area contributed by atoms with E-state index in [2.05, 4.69) is 15.9 Å². The predicted molar refractivity (Wildman–Crippen MR) is 75.9 cm³/mol. The lowest BCUT2D eigenvalue weighted by Crippen LogP contribution is -2.49. The number of ether oxygens (including phenoxy) is 1. The second-order valence-corrected chi connectivity index (χ2v) is 5.44. The molecule has 1 atom stereocenters. The van der Waals surface area contributed by atoms with E-state index in [9.17, 15) is 4.79 Å². The van der Waals surface area contributed by atoms with E-state index in [0.29, 0.717) is 40.7 Å². The molecule has 1 unspecified atom stereocenters. The molecule has 0 N–H and O–H groups in total. The van der Waals surface area contributed by atoms with Crippen molar-refractivity contribution in [3.05, 3.63) is 33.8 Å². The van der Waals surface area contributed by atoms with E-state index in [1.165, 1.54) is 0 Å². The zero-order valence-electron chi connectivity index (χ0n) is 9.54. The standard InChI is InChI=1S/C12H12BrCl2NO2/c13-6-8-7-18-5-4-16(8)12(17)11-9(14)2-1-3-10(11)15/h1-3,8H,4-7H2. The van der Waals surface area contributed by atoms with Crippen molar-refractivity contribution < 1.29 is 9.53 Å². The zero-order valence-corrected chi connectivity index (χ0v) is 12.6. The second kappa shape index (κ2) is 6.24. The first-order valence-electron chi connectivity index (χ1n) is 5.54. The number of nitrogens with zero attached hydrogens (tertiary/aromatic N) is 1. The number of rotatable bonds is 2. The van der Waals surface area contributed by atoms with Crippen molar-refractivity contribution in [3.63, 3.8) is 0 Å². The van der Waals surface area contributed by atoms with Crippen LogP contribution in [0, 0.1) is 0 Å². The van der Waals surface area contributed by atoms with E-state index in [1.807, 2.05) is 0 Å². The topological polar surface area (TPSA) is 29.5 Å². The molecule has 0 radical (unpaired) electrons. The maximum atomic E-state index is 12.5. The Labute approximate surface area is 124 Å². The van der Waals surface area contributed by atoms with Crippen LogP contribution < -0.4 is 0 Å². The van der Waals surface area contributed by atoms with Gasteiger partial charge < -0.3 is 9.64 Å². The molecule has 3 nitrogen and oxygen atoms in total. The molecule has 0 bridgehead atoms. The number of carbonyl (C=O) groups excluding carboxylic acids is 1. The fraction of sp³-hybridized carbons (Fsp3) is 0.417. The number of hydrogen-bond donors (Lipinski definition) is 0. The molecular weight excluding hydrogens is 341 g/mol. The maximum Gasteiger partial charge on any atom is 0.257 e. The number of halogens is 3.